The molecule has 0 heterocycles. The molecule has 0 aliphatic heterocycles. The predicted molar refractivity (Wildman–Crippen MR) is 96.8 cm³/mol. The van der Waals surface area contributed by atoms with Gasteiger partial charge >= 0.3 is 6.61 Å². The Balaban J connectivity index is 2.80. The summed E-state index contributed by atoms with van der Waals surface area (Å²) < 4.78 is 57.0. The minimum atomic E-state index is -3.02. The van der Waals surface area contributed by atoms with Gasteiger partial charge in [0.05, 0.1) is 19.4 Å². The first-order valence-electron chi connectivity index (χ1n) is 8.06. The molecule has 0 saturated carbocycles. The molecule has 1 aromatic rings. The highest BCUT2D eigenvalue weighted by molar-refractivity contribution is 7.90. The van der Waals surface area contributed by atoms with Crippen LogP contribution in [-0.2, 0) is 16.4 Å². The normalized spacial score (nSPS) is 12.2. The van der Waals surface area contributed by atoms with E-state index in [-0.39, 0.29) is 18.0 Å². The first-order valence-corrected chi connectivity index (χ1v) is 10.1. The van der Waals surface area contributed by atoms with Crippen LogP contribution in [0.3, 0.4) is 0 Å². The van der Waals surface area contributed by atoms with Crippen LogP contribution in [0.1, 0.15) is 18.9 Å². The van der Waals surface area contributed by atoms with Gasteiger partial charge in [-0.2, -0.15) is 8.78 Å². The molecule has 1 aromatic carbocycles. The number of benzene rings is 1. The molecule has 0 unspecified atom stereocenters. The average Bonchev–Trinajstić information content (AvgIpc) is 2.56. The Morgan fingerprint density at radius 2 is 2.04 bits per heavy atom. The number of guanidine groups is 1. The third-order valence-electron chi connectivity index (χ3n) is 3.22. The van der Waals surface area contributed by atoms with E-state index < -0.39 is 16.4 Å². The highest BCUT2D eigenvalue weighted by Gasteiger charge is 2.11. The summed E-state index contributed by atoms with van der Waals surface area (Å²) in [5, 5.41) is 6.02. The molecule has 148 valence electrons. The number of sulfone groups is 1. The summed E-state index contributed by atoms with van der Waals surface area (Å²) in [4.78, 5) is 4.33. The van der Waals surface area contributed by atoms with E-state index in [1.807, 2.05) is 6.92 Å². The molecule has 0 aliphatic carbocycles. The first kappa shape index (κ1) is 21.9. The number of ether oxygens (including phenoxy) is 2. The zero-order valence-electron chi connectivity index (χ0n) is 15.1. The van der Waals surface area contributed by atoms with Crippen molar-refractivity contribution in [2.24, 2.45) is 4.99 Å². The lowest BCUT2D eigenvalue weighted by Crippen LogP contribution is -2.38. The van der Waals surface area contributed by atoms with E-state index in [4.69, 9.17) is 4.74 Å². The van der Waals surface area contributed by atoms with Gasteiger partial charge in [-0.25, -0.2) is 13.4 Å². The molecule has 10 heteroatoms. The van der Waals surface area contributed by atoms with Gasteiger partial charge in [-0.15, -0.1) is 0 Å². The Kier molecular flexibility index (Phi) is 9.11. The molecular formula is C16H25F2N3O4S. The highest BCUT2D eigenvalue weighted by Crippen LogP contribution is 2.26. The summed E-state index contributed by atoms with van der Waals surface area (Å²) in [6.45, 7) is 0.0347. The van der Waals surface area contributed by atoms with E-state index in [0.717, 1.165) is 0 Å². The second-order valence-electron chi connectivity index (χ2n) is 5.46. The molecule has 0 bridgehead atoms. The molecule has 0 spiro atoms. The van der Waals surface area contributed by atoms with Gasteiger partial charge in [0.2, 0.25) is 0 Å². The standard InChI is InChI=1S/C16H25F2N3O4S/c1-4-19-16(20-8-5-9-26(3,22)23)21-11-12-10-13(24-2)6-7-14(12)25-15(17)18/h6-7,10,15H,4-5,8-9,11H2,1-3H3,(H2,19,20,21). The van der Waals surface area contributed by atoms with Gasteiger partial charge < -0.3 is 20.1 Å². The van der Waals surface area contributed by atoms with E-state index in [9.17, 15) is 17.2 Å². The van der Waals surface area contributed by atoms with Gasteiger partial charge in [0.15, 0.2) is 5.96 Å². The third-order valence-corrected chi connectivity index (χ3v) is 4.25. The van der Waals surface area contributed by atoms with Crippen LogP contribution in [0, 0.1) is 0 Å². The average molecular weight is 393 g/mol. The fraction of sp³-hybridized carbons (Fsp3) is 0.562. The van der Waals surface area contributed by atoms with Crippen LogP contribution in [-0.4, -0.2) is 53.2 Å². The molecule has 0 amide bonds. The fourth-order valence-corrected chi connectivity index (χ4v) is 2.73. The van der Waals surface area contributed by atoms with E-state index in [2.05, 4.69) is 20.4 Å². The van der Waals surface area contributed by atoms with Crippen LogP contribution in [0.5, 0.6) is 11.5 Å². The number of nitrogens with zero attached hydrogens (tertiary/aromatic N) is 1. The van der Waals surface area contributed by atoms with Crippen molar-refractivity contribution in [2.45, 2.75) is 26.5 Å². The van der Waals surface area contributed by atoms with Crippen molar-refractivity contribution >= 4 is 15.8 Å². The maximum atomic E-state index is 12.5. The van der Waals surface area contributed by atoms with Gasteiger partial charge in [0, 0.05) is 24.9 Å². The van der Waals surface area contributed by atoms with E-state index in [1.54, 1.807) is 6.07 Å². The zero-order chi connectivity index (χ0) is 19.6. The molecule has 0 saturated heterocycles. The smallest absolute Gasteiger partial charge is 0.387 e. The third kappa shape index (κ3) is 8.84. The van der Waals surface area contributed by atoms with E-state index >= 15 is 0 Å². The first-order chi connectivity index (χ1) is 12.2. The Morgan fingerprint density at radius 3 is 2.62 bits per heavy atom. The lowest BCUT2D eigenvalue weighted by atomic mass is 10.2. The van der Waals surface area contributed by atoms with Crippen molar-refractivity contribution < 1.29 is 26.7 Å². The van der Waals surface area contributed by atoms with Crippen molar-refractivity contribution in [1.82, 2.24) is 10.6 Å². The highest BCUT2D eigenvalue weighted by atomic mass is 32.2. The molecule has 0 radical (unpaired) electrons. The SMILES string of the molecule is CCNC(=NCc1cc(OC)ccc1OC(F)F)NCCCS(C)(=O)=O. The number of halogens is 2. The van der Waals surface area contributed by atoms with Crippen molar-refractivity contribution in [3.05, 3.63) is 23.8 Å². The summed E-state index contributed by atoms with van der Waals surface area (Å²) in [5.41, 5.74) is 0.443. The Hall–Kier alpha value is -2.10. The minimum absolute atomic E-state index is 0.0254. The van der Waals surface area contributed by atoms with Crippen molar-refractivity contribution in [3.63, 3.8) is 0 Å². The summed E-state index contributed by atoms with van der Waals surface area (Å²) in [7, 11) is -1.54. The number of hydrogen-bond acceptors (Lipinski definition) is 5. The quantitative estimate of drug-likeness (QED) is 0.358. The molecule has 0 aliphatic rings. The molecule has 26 heavy (non-hydrogen) atoms. The van der Waals surface area contributed by atoms with Crippen molar-refractivity contribution in [2.75, 3.05) is 32.2 Å². The summed E-state index contributed by atoms with van der Waals surface area (Å²) in [5.74, 6) is 1.05. The van der Waals surface area contributed by atoms with Gasteiger partial charge in [-0.3, -0.25) is 0 Å². The van der Waals surface area contributed by atoms with Crippen LogP contribution < -0.4 is 20.1 Å². The minimum Gasteiger partial charge on any atom is -0.497 e. The Bertz CT molecular complexity index is 697. The molecule has 0 atom stereocenters. The molecule has 7 nitrogen and oxygen atoms in total. The molecule has 2 N–H and O–H groups in total. The zero-order valence-corrected chi connectivity index (χ0v) is 15.9. The Morgan fingerprint density at radius 1 is 1.31 bits per heavy atom. The Labute approximate surface area is 152 Å². The topological polar surface area (TPSA) is 89.0 Å². The lowest BCUT2D eigenvalue weighted by molar-refractivity contribution is -0.0504. The molecule has 0 aromatic heterocycles. The second-order valence-corrected chi connectivity index (χ2v) is 7.72. The largest absolute Gasteiger partial charge is 0.497 e. The number of hydrogen-bond donors (Lipinski definition) is 2. The molecule has 0 fully saturated rings. The summed E-state index contributed by atoms with van der Waals surface area (Å²) in [6, 6.07) is 4.51. The van der Waals surface area contributed by atoms with E-state index in [0.29, 0.717) is 36.8 Å². The predicted octanol–water partition coefficient (Wildman–Crippen LogP) is 1.79. The van der Waals surface area contributed by atoms with E-state index in [1.165, 1.54) is 25.5 Å². The maximum Gasteiger partial charge on any atom is 0.387 e. The number of aliphatic imine (C=N–C) groups is 1. The summed E-state index contributed by atoms with van der Waals surface area (Å²) >= 11 is 0. The van der Waals surface area contributed by atoms with Crippen molar-refractivity contribution in [3.8, 4) is 11.5 Å². The molecular weight excluding hydrogens is 368 g/mol. The number of methoxy groups -OCH3 is 1. The molecule has 1 rings (SSSR count). The summed E-state index contributed by atoms with van der Waals surface area (Å²) in [6.07, 6.45) is 1.61. The number of rotatable bonds is 10. The van der Waals surface area contributed by atoms with Crippen molar-refractivity contribution in [1.29, 1.82) is 0 Å². The van der Waals surface area contributed by atoms with Gasteiger partial charge in [0.25, 0.3) is 0 Å². The van der Waals surface area contributed by atoms with Gasteiger partial charge in [0.1, 0.15) is 21.3 Å². The number of alkyl halides is 2. The van der Waals surface area contributed by atoms with Gasteiger partial charge in [-0.1, -0.05) is 0 Å². The second kappa shape index (κ2) is 10.8. The van der Waals surface area contributed by atoms with Crippen LogP contribution in [0.25, 0.3) is 0 Å². The lowest BCUT2D eigenvalue weighted by Gasteiger charge is -2.13. The van der Waals surface area contributed by atoms with Crippen LogP contribution in [0.2, 0.25) is 0 Å². The van der Waals surface area contributed by atoms with Crippen LogP contribution in [0.4, 0.5) is 8.78 Å². The monoisotopic (exact) mass is 393 g/mol. The van der Waals surface area contributed by atoms with Gasteiger partial charge in [-0.05, 0) is 31.5 Å². The fourth-order valence-electron chi connectivity index (χ4n) is 2.06. The van der Waals surface area contributed by atoms with Crippen LogP contribution >= 0.6 is 0 Å². The maximum absolute atomic E-state index is 12.5. The van der Waals surface area contributed by atoms with Crippen LogP contribution in [0.15, 0.2) is 23.2 Å². The number of nitrogens with one attached hydrogen (secondary N) is 2.